The second-order valence-electron chi connectivity index (χ2n) is 4.68. The first-order chi connectivity index (χ1) is 10.0. The van der Waals surface area contributed by atoms with Gasteiger partial charge >= 0.3 is 0 Å². The minimum Gasteiger partial charge on any atom is -0.264 e. The van der Waals surface area contributed by atoms with Gasteiger partial charge in [0.25, 0.3) is 0 Å². The SMILES string of the molecule is CS(=O)(=O)c1ccc(-n2cc(-c3cccnc3)cn2)cc1. The van der Waals surface area contributed by atoms with E-state index in [9.17, 15) is 8.42 Å². The Hall–Kier alpha value is -2.47. The average molecular weight is 299 g/mol. The molecule has 5 nitrogen and oxygen atoms in total. The summed E-state index contributed by atoms with van der Waals surface area (Å²) in [6, 6.07) is 10.5. The van der Waals surface area contributed by atoms with Gasteiger partial charge in [-0.1, -0.05) is 6.07 Å². The predicted molar refractivity (Wildman–Crippen MR) is 79.9 cm³/mol. The zero-order chi connectivity index (χ0) is 14.9. The maximum Gasteiger partial charge on any atom is 0.175 e. The van der Waals surface area contributed by atoms with E-state index in [2.05, 4.69) is 10.1 Å². The Kier molecular flexibility index (Phi) is 3.31. The van der Waals surface area contributed by atoms with Crippen LogP contribution in [-0.2, 0) is 9.84 Å². The first kappa shape index (κ1) is 13.5. The molecular formula is C15H13N3O2S. The fraction of sp³-hybridized carbons (Fsp3) is 0.0667. The summed E-state index contributed by atoms with van der Waals surface area (Å²) in [5.41, 5.74) is 2.74. The third-order valence-electron chi connectivity index (χ3n) is 3.11. The molecule has 106 valence electrons. The van der Waals surface area contributed by atoms with E-state index in [0.29, 0.717) is 4.90 Å². The molecular weight excluding hydrogens is 286 g/mol. The van der Waals surface area contributed by atoms with E-state index >= 15 is 0 Å². The summed E-state index contributed by atoms with van der Waals surface area (Å²) in [6.07, 6.45) is 8.32. The van der Waals surface area contributed by atoms with Crippen molar-refractivity contribution in [3.63, 3.8) is 0 Å². The van der Waals surface area contributed by atoms with Gasteiger partial charge in [0.05, 0.1) is 16.8 Å². The molecule has 0 spiro atoms. The minimum atomic E-state index is -3.18. The van der Waals surface area contributed by atoms with Crippen LogP contribution in [0.3, 0.4) is 0 Å². The van der Waals surface area contributed by atoms with Gasteiger partial charge in [0.15, 0.2) is 9.84 Å². The van der Waals surface area contributed by atoms with E-state index in [-0.39, 0.29) is 0 Å². The molecule has 0 bridgehead atoms. The van der Waals surface area contributed by atoms with Crippen molar-refractivity contribution in [3.05, 3.63) is 61.2 Å². The molecule has 6 heteroatoms. The lowest BCUT2D eigenvalue weighted by atomic mass is 10.2. The average Bonchev–Trinajstić information content (AvgIpc) is 2.97. The molecule has 0 radical (unpaired) electrons. The van der Waals surface area contributed by atoms with E-state index in [1.165, 1.54) is 6.26 Å². The molecule has 3 rings (SSSR count). The van der Waals surface area contributed by atoms with Crippen molar-refractivity contribution >= 4 is 9.84 Å². The number of nitrogens with zero attached hydrogens (tertiary/aromatic N) is 3. The van der Waals surface area contributed by atoms with E-state index < -0.39 is 9.84 Å². The van der Waals surface area contributed by atoms with Crippen molar-refractivity contribution in [1.29, 1.82) is 0 Å². The van der Waals surface area contributed by atoms with E-state index in [1.807, 2.05) is 18.3 Å². The highest BCUT2D eigenvalue weighted by molar-refractivity contribution is 7.90. The number of pyridine rings is 1. The van der Waals surface area contributed by atoms with Crippen LogP contribution in [0.1, 0.15) is 0 Å². The second kappa shape index (κ2) is 5.14. The summed E-state index contributed by atoms with van der Waals surface area (Å²) in [7, 11) is -3.18. The van der Waals surface area contributed by atoms with Crippen molar-refractivity contribution in [2.24, 2.45) is 0 Å². The van der Waals surface area contributed by atoms with Crippen LogP contribution in [0.5, 0.6) is 0 Å². The van der Waals surface area contributed by atoms with Gasteiger partial charge < -0.3 is 0 Å². The quantitative estimate of drug-likeness (QED) is 0.744. The molecule has 0 atom stereocenters. The predicted octanol–water partition coefficient (Wildman–Crippen LogP) is 2.34. The molecule has 0 N–H and O–H groups in total. The van der Waals surface area contributed by atoms with Crippen molar-refractivity contribution in [1.82, 2.24) is 14.8 Å². The summed E-state index contributed by atoms with van der Waals surface area (Å²) in [6.45, 7) is 0. The van der Waals surface area contributed by atoms with Crippen molar-refractivity contribution < 1.29 is 8.42 Å². The van der Waals surface area contributed by atoms with Gasteiger partial charge in [-0.2, -0.15) is 5.10 Å². The maximum absolute atomic E-state index is 11.4. The minimum absolute atomic E-state index is 0.297. The van der Waals surface area contributed by atoms with E-state index in [0.717, 1.165) is 16.8 Å². The van der Waals surface area contributed by atoms with Gasteiger partial charge in [-0.25, -0.2) is 13.1 Å². The van der Waals surface area contributed by atoms with Crippen LogP contribution in [0.4, 0.5) is 0 Å². The molecule has 0 amide bonds. The van der Waals surface area contributed by atoms with Crippen LogP contribution in [0.2, 0.25) is 0 Å². The zero-order valence-electron chi connectivity index (χ0n) is 11.3. The molecule has 0 saturated carbocycles. The second-order valence-corrected chi connectivity index (χ2v) is 6.70. The zero-order valence-corrected chi connectivity index (χ0v) is 12.2. The van der Waals surface area contributed by atoms with Crippen LogP contribution in [0.15, 0.2) is 66.1 Å². The Morgan fingerprint density at radius 3 is 2.38 bits per heavy atom. The van der Waals surface area contributed by atoms with Gasteiger partial charge in [0.2, 0.25) is 0 Å². The summed E-state index contributed by atoms with van der Waals surface area (Å²) >= 11 is 0. The Labute approximate surface area is 122 Å². The van der Waals surface area contributed by atoms with E-state index in [4.69, 9.17) is 0 Å². The summed E-state index contributed by atoms with van der Waals surface area (Å²) < 4.78 is 24.6. The molecule has 1 aromatic carbocycles. The highest BCUT2D eigenvalue weighted by atomic mass is 32.2. The smallest absolute Gasteiger partial charge is 0.175 e. The topological polar surface area (TPSA) is 64.8 Å². The van der Waals surface area contributed by atoms with Crippen molar-refractivity contribution in [3.8, 4) is 16.8 Å². The molecule has 2 heterocycles. The molecule has 21 heavy (non-hydrogen) atoms. The Bertz CT molecular complexity index is 853. The highest BCUT2D eigenvalue weighted by Gasteiger charge is 2.08. The lowest BCUT2D eigenvalue weighted by Crippen LogP contribution is -1.98. The summed E-state index contributed by atoms with van der Waals surface area (Å²) in [5.74, 6) is 0. The number of hydrogen-bond donors (Lipinski definition) is 0. The number of benzene rings is 1. The molecule has 0 unspecified atom stereocenters. The van der Waals surface area contributed by atoms with Crippen molar-refractivity contribution in [2.75, 3.05) is 6.26 Å². The molecule has 3 aromatic rings. The monoisotopic (exact) mass is 299 g/mol. The van der Waals surface area contributed by atoms with Crippen LogP contribution in [0.25, 0.3) is 16.8 Å². The van der Waals surface area contributed by atoms with Crippen LogP contribution < -0.4 is 0 Å². The lowest BCUT2D eigenvalue weighted by molar-refractivity contribution is 0.602. The molecule has 0 saturated heterocycles. The third-order valence-corrected chi connectivity index (χ3v) is 4.24. The molecule has 0 aliphatic heterocycles. The largest absolute Gasteiger partial charge is 0.264 e. The van der Waals surface area contributed by atoms with Gasteiger partial charge in [-0.05, 0) is 30.3 Å². The van der Waals surface area contributed by atoms with Crippen molar-refractivity contribution in [2.45, 2.75) is 4.90 Å². The summed E-state index contributed by atoms with van der Waals surface area (Å²) in [4.78, 5) is 4.38. The number of rotatable bonds is 3. The lowest BCUT2D eigenvalue weighted by Gasteiger charge is -2.02. The Balaban J connectivity index is 1.94. The van der Waals surface area contributed by atoms with Gasteiger partial charge in [0.1, 0.15) is 0 Å². The molecule has 0 fully saturated rings. The fourth-order valence-corrected chi connectivity index (χ4v) is 2.62. The third kappa shape index (κ3) is 2.85. The van der Waals surface area contributed by atoms with Gasteiger partial charge in [-0.15, -0.1) is 0 Å². The Morgan fingerprint density at radius 1 is 1.00 bits per heavy atom. The van der Waals surface area contributed by atoms with Gasteiger partial charge in [-0.3, -0.25) is 4.98 Å². The molecule has 0 aliphatic carbocycles. The van der Waals surface area contributed by atoms with E-state index in [1.54, 1.807) is 47.5 Å². The van der Waals surface area contributed by atoms with Crippen LogP contribution in [-0.4, -0.2) is 29.4 Å². The van der Waals surface area contributed by atoms with Crippen LogP contribution >= 0.6 is 0 Å². The van der Waals surface area contributed by atoms with Gasteiger partial charge in [0, 0.05) is 36.0 Å². The summed E-state index contributed by atoms with van der Waals surface area (Å²) in [5, 5.41) is 4.29. The molecule has 2 aromatic heterocycles. The fourth-order valence-electron chi connectivity index (χ4n) is 1.99. The first-order valence-corrected chi connectivity index (χ1v) is 8.19. The maximum atomic E-state index is 11.4. The highest BCUT2D eigenvalue weighted by Crippen LogP contribution is 2.19. The van der Waals surface area contributed by atoms with Crippen LogP contribution in [0, 0.1) is 0 Å². The first-order valence-electron chi connectivity index (χ1n) is 6.29. The molecule has 0 aliphatic rings. The standard InChI is InChI=1S/C15H13N3O2S/c1-21(19,20)15-6-4-14(5-7-15)18-11-13(10-17-18)12-3-2-8-16-9-12/h2-11H,1H3. The number of sulfone groups is 1. The Morgan fingerprint density at radius 2 is 1.76 bits per heavy atom. The number of hydrogen-bond acceptors (Lipinski definition) is 4. The normalized spacial score (nSPS) is 11.5. The number of aromatic nitrogens is 3.